The lowest BCUT2D eigenvalue weighted by atomic mass is 10.1. The first kappa shape index (κ1) is 10.9. The van der Waals surface area contributed by atoms with Crippen LogP contribution in [0.2, 0.25) is 0 Å². The van der Waals surface area contributed by atoms with Gasteiger partial charge in [-0.25, -0.2) is 4.39 Å². The smallest absolute Gasteiger partial charge is 0.124 e. The van der Waals surface area contributed by atoms with Gasteiger partial charge < -0.3 is 10.2 Å². The Morgan fingerprint density at radius 1 is 1.56 bits per heavy atom. The highest BCUT2D eigenvalue weighted by atomic mass is 19.1. The van der Waals surface area contributed by atoms with E-state index in [2.05, 4.69) is 10.2 Å². The Morgan fingerprint density at radius 3 is 3.00 bits per heavy atom. The normalized spacial score (nSPS) is 19.4. The van der Waals surface area contributed by atoms with Gasteiger partial charge in [0.2, 0.25) is 0 Å². The quantitative estimate of drug-likeness (QED) is 0.819. The van der Waals surface area contributed by atoms with Gasteiger partial charge in [-0.05, 0) is 31.2 Å². The summed E-state index contributed by atoms with van der Waals surface area (Å²) >= 11 is 0. The third-order valence-electron chi connectivity index (χ3n) is 3.04. The van der Waals surface area contributed by atoms with Crippen LogP contribution in [0.1, 0.15) is 12.0 Å². The number of likely N-dealkylation sites (N-methyl/N-ethyl adjacent to an activating group) is 1. The molecule has 0 aromatic heterocycles. The molecule has 1 fully saturated rings. The van der Waals surface area contributed by atoms with E-state index in [-0.39, 0.29) is 5.82 Å². The number of anilines is 1. The number of rotatable bonds is 2. The van der Waals surface area contributed by atoms with Crippen LogP contribution < -0.4 is 10.2 Å². The number of hydrogen-bond acceptors (Lipinski definition) is 3. The number of nitriles is 1. The van der Waals surface area contributed by atoms with E-state index in [1.54, 1.807) is 6.07 Å². The van der Waals surface area contributed by atoms with Crippen molar-refractivity contribution in [1.82, 2.24) is 5.32 Å². The SMILES string of the molecule is CN(c1ccc(F)cc1C#N)C1CCNC1. The van der Waals surface area contributed by atoms with Crippen LogP contribution in [0.4, 0.5) is 10.1 Å². The maximum absolute atomic E-state index is 13.0. The third-order valence-corrected chi connectivity index (χ3v) is 3.04. The van der Waals surface area contributed by atoms with Crippen molar-refractivity contribution in [3.63, 3.8) is 0 Å². The lowest BCUT2D eigenvalue weighted by molar-refractivity contribution is 0.625. The molecule has 1 atom stereocenters. The van der Waals surface area contributed by atoms with E-state index in [1.165, 1.54) is 12.1 Å². The largest absolute Gasteiger partial charge is 0.369 e. The van der Waals surface area contributed by atoms with Crippen molar-refractivity contribution in [2.45, 2.75) is 12.5 Å². The van der Waals surface area contributed by atoms with Crippen LogP contribution in [0.25, 0.3) is 0 Å². The van der Waals surface area contributed by atoms with Crippen LogP contribution in [0.3, 0.4) is 0 Å². The molecule has 4 heteroatoms. The third kappa shape index (κ3) is 2.00. The van der Waals surface area contributed by atoms with Gasteiger partial charge in [0.1, 0.15) is 11.9 Å². The molecule has 0 spiro atoms. The topological polar surface area (TPSA) is 39.1 Å². The van der Waals surface area contributed by atoms with Crippen LogP contribution in [-0.4, -0.2) is 26.2 Å². The molecule has 84 valence electrons. The Hall–Kier alpha value is -1.60. The first-order valence-corrected chi connectivity index (χ1v) is 5.35. The van der Waals surface area contributed by atoms with E-state index < -0.39 is 0 Å². The van der Waals surface area contributed by atoms with Crippen molar-refractivity contribution < 1.29 is 4.39 Å². The summed E-state index contributed by atoms with van der Waals surface area (Å²) in [6.07, 6.45) is 1.05. The molecular weight excluding hydrogens is 205 g/mol. The molecule has 3 nitrogen and oxygen atoms in total. The summed E-state index contributed by atoms with van der Waals surface area (Å²) in [5.41, 5.74) is 1.20. The Morgan fingerprint density at radius 2 is 2.38 bits per heavy atom. The van der Waals surface area contributed by atoms with Gasteiger partial charge in [-0.3, -0.25) is 0 Å². The van der Waals surface area contributed by atoms with Crippen LogP contribution in [0.15, 0.2) is 18.2 Å². The minimum absolute atomic E-state index is 0.363. The van der Waals surface area contributed by atoms with Gasteiger partial charge in [0.05, 0.1) is 11.3 Å². The molecule has 1 N–H and O–H groups in total. The number of nitrogens with zero attached hydrogens (tertiary/aromatic N) is 2. The van der Waals surface area contributed by atoms with Gasteiger partial charge >= 0.3 is 0 Å². The van der Waals surface area contributed by atoms with E-state index in [9.17, 15) is 4.39 Å². The summed E-state index contributed by atoms with van der Waals surface area (Å²) in [4.78, 5) is 2.05. The number of hydrogen-bond donors (Lipinski definition) is 1. The molecule has 16 heavy (non-hydrogen) atoms. The van der Waals surface area contributed by atoms with Gasteiger partial charge in [0.25, 0.3) is 0 Å². The van der Waals surface area contributed by atoms with Gasteiger partial charge in [-0.15, -0.1) is 0 Å². The summed E-state index contributed by atoms with van der Waals surface area (Å²) in [5, 5.41) is 12.2. The van der Waals surface area contributed by atoms with Gasteiger partial charge in [-0.1, -0.05) is 0 Å². The second-order valence-corrected chi connectivity index (χ2v) is 4.03. The average molecular weight is 219 g/mol. The molecule has 1 aliphatic rings. The van der Waals surface area contributed by atoms with E-state index in [4.69, 9.17) is 5.26 Å². The van der Waals surface area contributed by atoms with Crippen molar-refractivity contribution >= 4 is 5.69 Å². The predicted molar refractivity (Wildman–Crippen MR) is 60.8 cm³/mol. The van der Waals surface area contributed by atoms with E-state index in [0.717, 1.165) is 25.2 Å². The van der Waals surface area contributed by atoms with Crippen molar-refractivity contribution in [2.75, 3.05) is 25.0 Å². The van der Waals surface area contributed by atoms with Crippen LogP contribution >= 0.6 is 0 Å². The van der Waals surface area contributed by atoms with Crippen LogP contribution in [0.5, 0.6) is 0 Å². The summed E-state index contributed by atoms with van der Waals surface area (Å²) in [6.45, 7) is 1.91. The zero-order valence-electron chi connectivity index (χ0n) is 9.20. The molecule has 0 aliphatic carbocycles. The first-order chi connectivity index (χ1) is 7.72. The maximum atomic E-state index is 13.0. The molecule has 1 saturated heterocycles. The van der Waals surface area contributed by atoms with E-state index in [1.807, 2.05) is 13.1 Å². The lowest BCUT2D eigenvalue weighted by Gasteiger charge is -2.26. The van der Waals surface area contributed by atoms with Crippen LogP contribution in [0, 0.1) is 17.1 Å². The van der Waals surface area contributed by atoms with Crippen molar-refractivity contribution in [2.24, 2.45) is 0 Å². The zero-order chi connectivity index (χ0) is 11.5. The molecule has 1 heterocycles. The summed E-state index contributed by atoms with van der Waals surface area (Å²) in [5.74, 6) is -0.363. The average Bonchev–Trinajstić information content (AvgIpc) is 2.81. The Kier molecular flexibility index (Phi) is 3.07. The first-order valence-electron chi connectivity index (χ1n) is 5.35. The highest BCUT2D eigenvalue weighted by molar-refractivity contribution is 5.59. The zero-order valence-corrected chi connectivity index (χ0v) is 9.20. The second kappa shape index (κ2) is 4.50. The van der Waals surface area contributed by atoms with Crippen molar-refractivity contribution in [3.8, 4) is 6.07 Å². The molecule has 1 aromatic rings. The molecular formula is C12H14FN3. The van der Waals surface area contributed by atoms with E-state index in [0.29, 0.717) is 11.6 Å². The van der Waals surface area contributed by atoms with Gasteiger partial charge in [0, 0.05) is 19.6 Å². The Labute approximate surface area is 94.5 Å². The molecule has 0 amide bonds. The molecule has 0 saturated carbocycles. The summed E-state index contributed by atoms with van der Waals surface area (Å²) in [6, 6.07) is 6.78. The standard InChI is InChI=1S/C12H14FN3/c1-16(11-4-5-15-8-11)12-3-2-10(13)6-9(12)7-14/h2-3,6,11,15H,4-5,8H2,1H3. The second-order valence-electron chi connectivity index (χ2n) is 4.03. The minimum Gasteiger partial charge on any atom is -0.369 e. The fourth-order valence-electron chi connectivity index (χ4n) is 2.07. The lowest BCUT2D eigenvalue weighted by Crippen LogP contribution is -2.33. The van der Waals surface area contributed by atoms with Crippen LogP contribution in [-0.2, 0) is 0 Å². The predicted octanol–water partition coefficient (Wildman–Crippen LogP) is 1.50. The molecule has 1 aliphatic heterocycles. The maximum Gasteiger partial charge on any atom is 0.124 e. The molecule has 2 rings (SSSR count). The molecule has 0 bridgehead atoms. The molecule has 1 unspecified atom stereocenters. The molecule has 1 aromatic carbocycles. The van der Waals surface area contributed by atoms with Gasteiger partial charge in [-0.2, -0.15) is 5.26 Å². The highest BCUT2D eigenvalue weighted by Gasteiger charge is 2.21. The fraction of sp³-hybridized carbons (Fsp3) is 0.417. The highest BCUT2D eigenvalue weighted by Crippen LogP contribution is 2.23. The van der Waals surface area contributed by atoms with E-state index >= 15 is 0 Å². The van der Waals surface area contributed by atoms with Gasteiger partial charge in [0.15, 0.2) is 0 Å². The molecule has 0 radical (unpaired) electrons. The Bertz CT molecular complexity index is 419. The van der Waals surface area contributed by atoms with Crippen molar-refractivity contribution in [1.29, 1.82) is 5.26 Å². The van der Waals surface area contributed by atoms with Crippen molar-refractivity contribution in [3.05, 3.63) is 29.6 Å². The number of halogens is 1. The Balaban J connectivity index is 2.28. The number of nitrogens with one attached hydrogen (secondary N) is 1. The monoisotopic (exact) mass is 219 g/mol. The summed E-state index contributed by atoms with van der Waals surface area (Å²) < 4.78 is 13.0. The summed E-state index contributed by atoms with van der Waals surface area (Å²) in [7, 11) is 1.95. The fourth-order valence-corrected chi connectivity index (χ4v) is 2.07. The minimum atomic E-state index is -0.363. The number of benzene rings is 1.